The number of methoxy groups -OCH3 is 1. The number of hydrogen-bond acceptors (Lipinski definition) is 3. The van der Waals surface area contributed by atoms with Crippen LogP contribution in [0.3, 0.4) is 0 Å². The predicted molar refractivity (Wildman–Crippen MR) is 81.2 cm³/mol. The van der Waals surface area contributed by atoms with Crippen LogP contribution in [-0.2, 0) is 6.42 Å². The lowest BCUT2D eigenvalue weighted by Gasteiger charge is -2.13. The van der Waals surface area contributed by atoms with Crippen LogP contribution in [-0.4, -0.2) is 13.7 Å². The van der Waals surface area contributed by atoms with E-state index >= 15 is 0 Å². The quantitative estimate of drug-likeness (QED) is 0.876. The van der Waals surface area contributed by atoms with Crippen molar-refractivity contribution in [2.45, 2.75) is 19.4 Å². The smallest absolute Gasteiger partial charge is 0.119 e. The molecule has 0 heterocycles. The van der Waals surface area contributed by atoms with Gasteiger partial charge in [-0.3, -0.25) is 0 Å². The maximum atomic E-state index is 6.26. The normalized spacial score (nSPS) is 11.9. The van der Waals surface area contributed by atoms with Crippen LogP contribution < -0.4 is 15.2 Å². The van der Waals surface area contributed by atoms with Crippen LogP contribution in [0.4, 0.5) is 0 Å². The third-order valence-electron chi connectivity index (χ3n) is 3.21. The van der Waals surface area contributed by atoms with Crippen LogP contribution in [0.2, 0.25) is 0 Å². The van der Waals surface area contributed by atoms with Crippen LogP contribution in [0.25, 0.3) is 0 Å². The van der Waals surface area contributed by atoms with Crippen molar-refractivity contribution in [1.82, 2.24) is 0 Å². The van der Waals surface area contributed by atoms with Crippen LogP contribution in [0, 0.1) is 0 Å². The fourth-order valence-electron chi connectivity index (χ4n) is 2.15. The molecule has 0 amide bonds. The lowest BCUT2D eigenvalue weighted by molar-refractivity contribution is 0.340. The summed E-state index contributed by atoms with van der Waals surface area (Å²) in [6.45, 7) is 2.65. The van der Waals surface area contributed by atoms with Gasteiger partial charge in [-0.1, -0.05) is 24.3 Å². The Morgan fingerprint density at radius 2 is 1.80 bits per heavy atom. The molecule has 20 heavy (non-hydrogen) atoms. The minimum absolute atomic E-state index is 0.0298. The summed E-state index contributed by atoms with van der Waals surface area (Å²) in [5.74, 6) is 1.74. The summed E-state index contributed by atoms with van der Waals surface area (Å²) in [7, 11) is 1.67. The van der Waals surface area contributed by atoms with E-state index in [0.29, 0.717) is 6.61 Å². The first-order valence-electron chi connectivity index (χ1n) is 6.84. The van der Waals surface area contributed by atoms with E-state index in [4.69, 9.17) is 15.2 Å². The van der Waals surface area contributed by atoms with E-state index in [1.165, 1.54) is 5.56 Å². The Kier molecular flexibility index (Phi) is 5.02. The highest BCUT2D eigenvalue weighted by Gasteiger charge is 2.08. The highest BCUT2D eigenvalue weighted by molar-refractivity contribution is 5.32. The summed E-state index contributed by atoms with van der Waals surface area (Å²) >= 11 is 0. The molecular weight excluding hydrogens is 250 g/mol. The van der Waals surface area contributed by atoms with Gasteiger partial charge in [-0.05, 0) is 48.7 Å². The first-order chi connectivity index (χ1) is 9.72. The molecule has 0 fully saturated rings. The van der Waals surface area contributed by atoms with Gasteiger partial charge in [0, 0.05) is 6.04 Å². The Morgan fingerprint density at radius 1 is 1.05 bits per heavy atom. The zero-order valence-electron chi connectivity index (χ0n) is 12.0. The lowest BCUT2D eigenvalue weighted by Crippen LogP contribution is -2.13. The van der Waals surface area contributed by atoms with Gasteiger partial charge in [-0.25, -0.2) is 0 Å². The molecule has 2 aromatic carbocycles. The molecule has 0 aromatic heterocycles. The molecule has 0 bridgehead atoms. The van der Waals surface area contributed by atoms with Gasteiger partial charge in [-0.2, -0.15) is 0 Å². The molecule has 1 atom stereocenters. The van der Waals surface area contributed by atoms with Crippen molar-refractivity contribution in [3.63, 3.8) is 0 Å². The molecule has 0 aliphatic rings. The van der Waals surface area contributed by atoms with Gasteiger partial charge >= 0.3 is 0 Å². The van der Waals surface area contributed by atoms with Crippen LogP contribution >= 0.6 is 0 Å². The minimum Gasteiger partial charge on any atom is -0.497 e. The van der Waals surface area contributed by atoms with Crippen molar-refractivity contribution in [3.05, 3.63) is 59.7 Å². The molecule has 0 spiro atoms. The second-order valence-corrected chi connectivity index (χ2v) is 4.66. The average Bonchev–Trinajstić information content (AvgIpc) is 2.48. The van der Waals surface area contributed by atoms with E-state index in [-0.39, 0.29) is 6.04 Å². The summed E-state index contributed by atoms with van der Waals surface area (Å²) in [5, 5.41) is 0. The minimum atomic E-state index is -0.0298. The van der Waals surface area contributed by atoms with Crippen molar-refractivity contribution in [2.24, 2.45) is 5.73 Å². The maximum Gasteiger partial charge on any atom is 0.119 e. The van der Waals surface area contributed by atoms with Crippen LogP contribution in [0.5, 0.6) is 11.5 Å². The molecule has 106 valence electrons. The predicted octanol–water partition coefficient (Wildman–Crippen LogP) is 3.34. The summed E-state index contributed by atoms with van der Waals surface area (Å²) in [6.07, 6.45) is 0.783. The van der Waals surface area contributed by atoms with Crippen molar-refractivity contribution in [3.8, 4) is 11.5 Å². The molecule has 3 nitrogen and oxygen atoms in total. The third kappa shape index (κ3) is 3.75. The SMILES string of the molecule is CCOc1ccc(C(N)Cc2cccc(OC)c2)cc1. The van der Waals surface area contributed by atoms with Crippen molar-refractivity contribution in [1.29, 1.82) is 0 Å². The number of nitrogens with two attached hydrogens (primary N) is 1. The van der Waals surface area contributed by atoms with Crippen molar-refractivity contribution in [2.75, 3.05) is 13.7 Å². The topological polar surface area (TPSA) is 44.5 Å². The second-order valence-electron chi connectivity index (χ2n) is 4.66. The van der Waals surface area contributed by atoms with E-state index < -0.39 is 0 Å². The van der Waals surface area contributed by atoms with Gasteiger partial charge in [0.15, 0.2) is 0 Å². The first-order valence-corrected chi connectivity index (χ1v) is 6.84. The van der Waals surface area contributed by atoms with E-state index in [1.807, 2.05) is 49.4 Å². The Bertz CT molecular complexity index is 537. The number of benzene rings is 2. The average molecular weight is 271 g/mol. The Hall–Kier alpha value is -2.00. The van der Waals surface area contributed by atoms with Gasteiger partial charge in [0.25, 0.3) is 0 Å². The van der Waals surface area contributed by atoms with E-state index in [2.05, 4.69) is 6.07 Å². The zero-order chi connectivity index (χ0) is 14.4. The van der Waals surface area contributed by atoms with Gasteiger partial charge in [0.1, 0.15) is 11.5 Å². The lowest BCUT2D eigenvalue weighted by atomic mass is 9.99. The molecular formula is C17H21NO2. The molecule has 3 heteroatoms. The molecule has 0 saturated heterocycles. The zero-order valence-corrected chi connectivity index (χ0v) is 12.0. The summed E-state index contributed by atoms with van der Waals surface area (Å²) in [4.78, 5) is 0. The molecule has 2 N–H and O–H groups in total. The monoisotopic (exact) mass is 271 g/mol. The Labute approximate surface area is 120 Å². The number of hydrogen-bond donors (Lipinski definition) is 1. The Morgan fingerprint density at radius 3 is 2.45 bits per heavy atom. The largest absolute Gasteiger partial charge is 0.497 e. The van der Waals surface area contributed by atoms with E-state index in [1.54, 1.807) is 7.11 Å². The molecule has 0 saturated carbocycles. The second kappa shape index (κ2) is 6.96. The van der Waals surface area contributed by atoms with Crippen LogP contribution in [0.15, 0.2) is 48.5 Å². The molecule has 0 aliphatic heterocycles. The standard InChI is InChI=1S/C17H21NO2/c1-3-20-15-9-7-14(8-10-15)17(18)12-13-5-4-6-16(11-13)19-2/h4-11,17H,3,12,18H2,1-2H3. The van der Waals surface area contributed by atoms with Gasteiger partial charge in [-0.15, -0.1) is 0 Å². The summed E-state index contributed by atoms with van der Waals surface area (Å²) < 4.78 is 10.7. The number of ether oxygens (including phenoxy) is 2. The fraction of sp³-hybridized carbons (Fsp3) is 0.294. The first kappa shape index (κ1) is 14.4. The van der Waals surface area contributed by atoms with Crippen LogP contribution in [0.1, 0.15) is 24.1 Å². The molecule has 0 aliphatic carbocycles. The van der Waals surface area contributed by atoms with Gasteiger partial charge < -0.3 is 15.2 Å². The fourth-order valence-corrected chi connectivity index (χ4v) is 2.15. The van der Waals surface area contributed by atoms with Crippen molar-refractivity contribution >= 4 is 0 Å². The summed E-state index contributed by atoms with van der Waals surface area (Å²) in [6, 6.07) is 16.0. The highest BCUT2D eigenvalue weighted by Crippen LogP contribution is 2.21. The van der Waals surface area contributed by atoms with E-state index in [9.17, 15) is 0 Å². The van der Waals surface area contributed by atoms with Crippen molar-refractivity contribution < 1.29 is 9.47 Å². The van der Waals surface area contributed by atoms with Gasteiger partial charge in [0.2, 0.25) is 0 Å². The Balaban J connectivity index is 2.05. The molecule has 0 radical (unpaired) electrons. The van der Waals surface area contributed by atoms with E-state index in [0.717, 1.165) is 23.5 Å². The third-order valence-corrected chi connectivity index (χ3v) is 3.21. The summed E-state index contributed by atoms with van der Waals surface area (Å²) in [5.41, 5.74) is 8.54. The maximum absolute atomic E-state index is 6.26. The van der Waals surface area contributed by atoms with Gasteiger partial charge in [0.05, 0.1) is 13.7 Å². The molecule has 2 rings (SSSR count). The highest BCUT2D eigenvalue weighted by atomic mass is 16.5. The number of rotatable bonds is 6. The molecule has 2 aromatic rings. The molecule has 1 unspecified atom stereocenters.